The van der Waals surface area contributed by atoms with E-state index in [-0.39, 0.29) is 12.1 Å². The van der Waals surface area contributed by atoms with Crippen LogP contribution in [0.1, 0.15) is 28.4 Å². The SMILES string of the molecule is COC(=O)c1ccccc1C1CC=CO1. The van der Waals surface area contributed by atoms with E-state index < -0.39 is 0 Å². The molecule has 1 aliphatic rings. The Morgan fingerprint density at radius 3 is 2.93 bits per heavy atom. The smallest absolute Gasteiger partial charge is 0.338 e. The summed E-state index contributed by atoms with van der Waals surface area (Å²) in [6, 6.07) is 7.36. The molecule has 0 saturated carbocycles. The number of methoxy groups -OCH3 is 1. The van der Waals surface area contributed by atoms with Crippen LogP contribution in [0.4, 0.5) is 0 Å². The maximum absolute atomic E-state index is 11.5. The Morgan fingerprint density at radius 2 is 2.27 bits per heavy atom. The van der Waals surface area contributed by atoms with Gasteiger partial charge in [0, 0.05) is 12.0 Å². The lowest BCUT2D eigenvalue weighted by atomic mass is 10.0. The minimum atomic E-state index is -0.318. The van der Waals surface area contributed by atoms with Crippen molar-refractivity contribution in [3.05, 3.63) is 47.7 Å². The van der Waals surface area contributed by atoms with E-state index in [1.807, 2.05) is 24.3 Å². The van der Waals surface area contributed by atoms with Gasteiger partial charge >= 0.3 is 5.97 Å². The summed E-state index contributed by atoms with van der Waals surface area (Å²) >= 11 is 0. The Labute approximate surface area is 88.3 Å². The van der Waals surface area contributed by atoms with Gasteiger partial charge in [0.05, 0.1) is 18.9 Å². The first kappa shape index (κ1) is 9.77. The minimum absolute atomic E-state index is 0.0553. The van der Waals surface area contributed by atoms with Crippen LogP contribution in [0, 0.1) is 0 Å². The highest BCUT2D eigenvalue weighted by atomic mass is 16.5. The molecule has 3 heteroatoms. The van der Waals surface area contributed by atoms with Crippen molar-refractivity contribution in [3.8, 4) is 0 Å². The van der Waals surface area contributed by atoms with Gasteiger partial charge in [-0.25, -0.2) is 4.79 Å². The van der Waals surface area contributed by atoms with Crippen LogP contribution in [0.5, 0.6) is 0 Å². The zero-order chi connectivity index (χ0) is 10.7. The molecule has 1 aromatic rings. The molecule has 2 rings (SSSR count). The lowest BCUT2D eigenvalue weighted by Gasteiger charge is -2.13. The number of esters is 1. The Kier molecular flexibility index (Phi) is 2.72. The van der Waals surface area contributed by atoms with Crippen molar-refractivity contribution in [3.63, 3.8) is 0 Å². The number of ether oxygens (including phenoxy) is 2. The highest BCUT2D eigenvalue weighted by Crippen LogP contribution is 2.29. The summed E-state index contributed by atoms with van der Waals surface area (Å²) in [5.41, 5.74) is 1.46. The fourth-order valence-electron chi connectivity index (χ4n) is 1.66. The number of carbonyl (C=O) groups excluding carboxylic acids is 1. The van der Waals surface area contributed by atoms with Crippen LogP contribution in [-0.4, -0.2) is 13.1 Å². The van der Waals surface area contributed by atoms with Crippen LogP contribution in [0.25, 0.3) is 0 Å². The standard InChI is InChI=1S/C12H12O3/c1-14-12(13)10-6-3-2-5-9(10)11-7-4-8-15-11/h2-6,8,11H,7H2,1H3. The fourth-order valence-corrected chi connectivity index (χ4v) is 1.66. The Hall–Kier alpha value is -1.77. The van der Waals surface area contributed by atoms with E-state index in [1.54, 1.807) is 12.3 Å². The zero-order valence-corrected chi connectivity index (χ0v) is 8.47. The number of benzene rings is 1. The van der Waals surface area contributed by atoms with Crippen LogP contribution in [0.3, 0.4) is 0 Å². The van der Waals surface area contributed by atoms with Crippen LogP contribution >= 0.6 is 0 Å². The second kappa shape index (κ2) is 4.17. The first-order chi connectivity index (χ1) is 7.33. The van der Waals surface area contributed by atoms with Crippen molar-refractivity contribution in [2.75, 3.05) is 7.11 Å². The van der Waals surface area contributed by atoms with Crippen molar-refractivity contribution in [1.82, 2.24) is 0 Å². The maximum Gasteiger partial charge on any atom is 0.338 e. The summed E-state index contributed by atoms with van der Waals surface area (Å²) in [6.45, 7) is 0. The summed E-state index contributed by atoms with van der Waals surface area (Å²) in [7, 11) is 1.38. The van der Waals surface area contributed by atoms with E-state index in [0.717, 1.165) is 12.0 Å². The summed E-state index contributed by atoms with van der Waals surface area (Å²) in [6.07, 6.45) is 4.35. The molecule has 78 valence electrons. The first-order valence-electron chi connectivity index (χ1n) is 4.80. The minimum Gasteiger partial charge on any atom is -0.493 e. The quantitative estimate of drug-likeness (QED) is 0.694. The Balaban J connectivity index is 2.33. The predicted octanol–water partition coefficient (Wildman–Crippen LogP) is 2.45. The number of hydrogen-bond acceptors (Lipinski definition) is 3. The monoisotopic (exact) mass is 204 g/mol. The summed E-state index contributed by atoms with van der Waals surface area (Å²) in [4.78, 5) is 11.5. The molecule has 1 unspecified atom stereocenters. The molecule has 1 heterocycles. The predicted molar refractivity (Wildman–Crippen MR) is 55.4 cm³/mol. The Morgan fingerprint density at radius 1 is 1.47 bits per heavy atom. The topological polar surface area (TPSA) is 35.5 Å². The number of carbonyl (C=O) groups is 1. The molecule has 0 aliphatic carbocycles. The van der Waals surface area contributed by atoms with Crippen LogP contribution in [0.2, 0.25) is 0 Å². The van der Waals surface area contributed by atoms with E-state index in [2.05, 4.69) is 0 Å². The average Bonchev–Trinajstić information content (AvgIpc) is 2.81. The third kappa shape index (κ3) is 1.86. The van der Waals surface area contributed by atoms with Gasteiger partial charge in [0.1, 0.15) is 6.10 Å². The molecule has 3 nitrogen and oxygen atoms in total. The zero-order valence-electron chi connectivity index (χ0n) is 8.47. The highest BCUT2D eigenvalue weighted by molar-refractivity contribution is 5.91. The molecular weight excluding hydrogens is 192 g/mol. The van der Waals surface area contributed by atoms with Crippen molar-refractivity contribution in [1.29, 1.82) is 0 Å². The molecule has 0 N–H and O–H groups in total. The van der Waals surface area contributed by atoms with Gasteiger partial charge in [-0.3, -0.25) is 0 Å². The normalized spacial score (nSPS) is 18.6. The van der Waals surface area contributed by atoms with E-state index in [4.69, 9.17) is 9.47 Å². The molecule has 0 fully saturated rings. The van der Waals surface area contributed by atoms with Crippen molar-refractivity contribution in [2.24, 2.45) is 0 Å². The van der Waals surface area contributed by atoms with E-state index in [9.17, 15) is 4.79 Å². The molecule has 15 heavy (non-hydrogen) atoms. The molecule has 0 aromatic heterocycles. The van der Waals surface area contributed by atoms with Gasteiger partial charge in [-0.1, -0.05) is 18.2 Å². The van der Waals surface area contributed by atoms with Gasteiger partial charge in [0.15, 0.2) is 0 Å². The molecule has 1 aromatic carbocycles. The molecule has 0 bridgehead atoms. The summed E-state index contributed by atoms with van der Waals surface area (Å²) in [5.74, 6) is -0.318. The third-order valence-electron chi connectivity index (χ3n) is 2.40. The second-order valence-electron chi connectivity index (χ2n) is 3.31. The van der Waals surface area contributed by atoms with Gasteiger partial charge in [-0.05, 0) is 12.1 Å². The summed E-state index contributed by atoms with van der Waals surface area (Å²) in [5, 5.41) is 0. The van der Waals surface area contributed by atoms with Crippen molar-refractivity contribution >= 4 is 5.97 Å². The summed E-state index contributed by atoms with van der Waals surface area (Å²) < 4.78 is 10.1. The average molecular weight is 204 g/mol. The van der Waals surface area contributed by atoms with E-state index >= 15 is 0 Å². The van der Waals surface area contributed by atoms with Gasteiger partial charge in [0.25, 0.3) is 0 Å². The lowest BCUT2D eigenvalue weighted by Crippen LogP contribution is -2.08. The van der Waals surface area contributed by atoms with Crippen LogP contribution in [0.15, 0.2) is 36.6 Å². The number of rotatable bonds is 2. The largest absolute Gasteiger partial charge is 0.493 e. The molecular formula is C12H12O3. The fraction of sp³-hybridized carbons (Fsp3) is 0.250. The second-order valence-corrected chi connectivity index (χ2v) is 3.31. The number of hydrogen-bond donors (Lipinski definition) is 0. The lowest BCUT2D eigenvalue weighted by molar-refractivity contribution is 0.0593. The molecule has 1 aliphatic heterocycles. The van der Waals surface area contributed by atoms with Crippen LogP contribution in [-0.2, 0) is 9.47 Å². The third-order valence-corrected chi connectivity index (χ3v) is 2.40. The molecule has 0 spiro atoms. The molecule has 0 amide bonds. The van der Waals surface area contributed by atoms with E-state index in [0.29, 0.717) is 5.56 Å². The van der Waals surface area contributed by atoms with Crippen LogP contribution < -0.4 is 0 Å². The van der Waals surface area contributed by atoms with Gasteiger partial charge in [-0.2, -0.15) is 0 Å². The first-order valence-corrected chi connectivity index (χ1v) is 4.80. The van der Waals surface area contributed by atoms with Crippen molar-refractivity contribution in [2.45, 2.75) is 12.5 Å². The van der Waals surface area contributed by atoms with Gasteiger partial charge in [0.2, 0.25) is 0 Å². The molecule has 1 atom stereocenters. The molecule has 0 radical (unpaired) electrons. The Bertz CT molecular complexity index is 388. The van der Waals surface area contributed by atoms with Gasteiger partial charge in [-0.15, -0.1) is 0 Å². The molecule has 0 saturated heterocycles. The van der Waals surface area contributed by atoms with Crippen molar-refractivity contribution < 1.29 is 14.3 Å². The highest BCUT2D eigenvalue weighted by Gasteiger charge is 2.21. The van der Waals surface area contributed by atoms with Gasteiger partial charge < -0.3 is 9.47 Å². The van der Waals surface area contributed by atoms with E-state index in [1.165, 1.54) is 7.11 Å². The maximum atomic E-state index is 11.5.